The van der Waals surface area contributed by atoms with Gasteiger partial charge in [0.1, 0.15) is 29.7 Å². The Morgan fingerprint density at radius 2 is 2.12 bits per heavy atom. The standard InChI is InChI=1S/C14H15Cl3N2O6S/c1-7(21)18-9-10(22)19-4-13(2,12(23)25-5-14(15,16)17)8(3-24-6-20)26-11(9)19/h3,6,9,11H,4-5H2,1-2H3,(H,18,21)/t9?,11-,13?/m1/s1. The molecule has 0 radical (unpaired) electrons. The molecule has 0 bridgehead atoms. The number of nitrogens with zero attached hydrogens (tertiary/aromatic N) is 1. The van der Waals surface area contributed by atoms with E-state index >= 15 is 0 Å². The van der Waals surface area contributed by atoms with E-state index in [0.29, 0.717) is 4.91 Å². The van der Waals surface area contributed by atoms with E-state index in [2.05, 4.69) is 10.1 Å². The van der Waals surface area contributed by atoms with E-state index in [1.54, 1.807) is 0 Å². The number of halogens is 3. The van der Waals surface area contributed by atoms with Crippen LogP contribution in [0.2, 0.25) is 0 Å². The molecule has 144 valence electrons. The number of hydrogen-bond donors (Lipinski definition) is 1. The Balaban J connectivity index is 2.23. The summed E-state index contributed by atoms with van der Waals surface area (Å²) in [5.41, 5.74) is -1.32. The van der Waals surface area contributed by atoms with E-state index < -0.39 is 33.2 Å². The number of rotatable bonds is 5. The number of amides is 2. The predicted octanol–water partition coefficient (Wildman–Crippen LogP) is 1.34. The number of alkyl halides is 3. The van der Waals surface area contributed by atoms with Crippen molar-refractivity contribution >= 4 is 70.8 Å². The molecule has 2 fully saturated rings. The van der Waals surface area contributed by atoms with Gasteiger partial charge in [-0.2, -0.15) is 0 Å². The van der Waals surface area contributed by atoms with Crippen molar-refractivity contribution in [3.05, 3.63) is 11.2 Å². The molecular weight excluding hydrogens is 431 g/mol. The van der Waals surface area contributed by atoms with E-state index in [1.165, 1.54) is 18.7 Å². The topological polar surface area (TPSA) is 102 Å². The summed E-state index contributed by atoms with van der Waals surface area (Å²) in [5, 5.41) is 2.12. The van der Waals surface area contributed by atoms with Crippen molar-refractivity contribution in [2.45, 2.75) is 29.1 Å². The first-order chi connectivity index (χ1) is 12.0. The molecule has 12 heteroatoms. The van der Waals surface area contributed by atoms with Crippen LogP contribution in [0, 0.1) is 5.41 Å². The maximum absolute atomic E-state index is 12.6. The van der Waals surface area contributed by atoms with Gasteiger partial charge in [0.15, 0.2) is 0 Å². The second kappa shape index (κ2) is 7.84. The van der Waals surface area contributed by atoms with E-state index in [9.17, 15) is 19.2 Å². The molecule has 2 aliphatic rings. The lowest BCUT2D eigenvalue weighted by Gasteiger charge is -2.53. The minimum atomic E-state index is -1.79. The Bertz CT molecular complexity index is 668. The van der Waals surface area contributed by atoms with Crippen LogP contribution in [0.3, 0.4) is 0 Å². The highest BCUT2D eigenvalue weighted by Crippen LogP contribution is 2.50. The fraction of sp³-hybridized carbons (Fsp3) is 0.571. The molecule has 0 saturated carbocycles. The molecule has 2 amide bonds. The zero-order valence-electron chi connectivity index (χ0n) is 13.7. The van der Waals surface area contributed by atoms with Crippen molar-refractivity contribution in [1.82, 2.24) is 10.2 Å². The molecule has 0 aliphatic carbocycles. The monoisotopic (exact) mass is 444 g/mol. The van der Waals surface area contributed by atoms with Crippen LogP contribution in [0.25, 0.3) is 0 Å². The number of β-lactam (4-membered cyclic amide) rings is 1. The lowest BCUT2D eigenvalue weighted by Crippen LogP contribution is -2.73. The lowest BCUT2D eigenvalue weighted by atomic mass is 9.87. The van der Waals surface area contributed by atoms with Gasteiger partial charge in [-0.05, 0) is 6.92 Å². The average molecular weight is 446 g/mol. The third-order valence-corrected chi connectivity index (χ3v) is 5.72. The van der Waals surface area contributed by atoms with Gasteiger partial charge in [-0.3, -0.25) is 19.2 Å². The Hall–Kier alpha value is -1.16. The van der Waals surface area contributed by atoms with Gasteiger partial charge in [-0.1, -0.05) is 46.6 Å². The first-order valence-corrected chi connectivity index (χ1v) is 9.29. The molecule has 2 rings (SSSR count). The summed E-state index contributed by atoms with van der Waals surface area (Å²) in [6.45, 7) is 2.50. The van der Waals surface area contributed by atoms with E-state index in [1.807, 2.05) is 0 Å². The summed E-state index contributed by atoms with van der Waals surface area (Å²) < 4.78 is 7.94. The largest absolute Gasteiger partial charge is 0.460 e. The first kappa shape index (κ1) is 21.1. The molecule has 26 heavy (non-hydrogen) atoms. The number of carbonyl (C=O) groups is 4. The van der Waals surface area contributed by atoms with E-state index in [0.717, 1.165) is 18.0 Å². The maximum Gasteiger partial charge on any atom is 0.318 e. The van der Waals surface area contributed by atoms with Crippen LogP contribution in [0.5, 0.6) is 0 Å². The molecule has 1 N–H and O–H groups in total. The highest BCUT2D eigenvalue weighted by Gasteiger charge is 2.58. The third-order valence-electron chi connectivity index (χ3n) is 3.83. The quantitative estimate of drug-likeness (QED) is 0.224. The second-order valence-corrected chi connectivity index (χ2v) is 9.57. The van der Waals surface area contributed by atoms with Crippen LogP contribution in [0.4, 0.5) is 0 Å². The van der Waals surface area contributed by atoms with Crippen LogP contribution >= 0.6 is 46.6 Å². The fourth-order valence-corrected chi connectivity index (χ4v) is 4.14. The molecule has 2 unspecified atom stereocenters. The minimum Gasteiger partial charge on any atom is -0.460 e. The SMILES string of the molecule is CC(=O)NC1C(=O)N2CC(C)(C(=O)OCC(Cl)(Cl)Cl)C(=COC=O)S[C@H]12. The van der Waals surface area contributed by atoms with Crippen molar-refractivity contribution in [1.29, 1.82) is 0 Å². The number of nitrogens with one attached hydrogen (secondary N) is 1. The molecule has 8 nitrogen and oxygen atoms in total. The van der Waals surface area contributed by atoms with E-state index in [-0.39, 0.29) is 24.8 Å². The van der Waals surface area contributed by atoms with Crippen LogP contribution < -0.4 is 5.32 Å². The summed E-state index contributed by atoms with van der Waals surface area (Å²) >= 11 is 17.9. The van der Waals surface area contributed by atoms with Crippen molar-refractivity contribution < 1.29 is 28.7 Å². The summed E-state index contributed by atoms with van der Waals surface area (Å²) in [6, 6.07) is -0.723. The predicted molar refractivity (Wildman–Crippen MR) is 95.3 cm³/mol. The summed E-state index contributed by atoms with van der Waals surface area (Å²) in [4.78, 5) is 48.4. The van der Waals surface area contributed by atoms with Gasteiger partial charge in [-0.15, -0.1) is 0 Å². The Kier molecular flexibility index (Phi) is 6.37. The summed E-state index contributed by atoms with van der Waals surface area (Å²) in [5.74, 6) is -1.42. The first-order valence-electron chi connectivity index (χ1n) is 7.27. The Morgan fingerprint density at radius 3 is 2.65 bits per heavy atom. The van der Waals surface area contributed by atoms with Gasteiger partial charge in [0.2, 0.25) is 15.6 Å². The molecule has 0 aromatic rings. The van der Waals surface area contributed by atoms with Gasteiger partial charge in [-0.25, -0.2) is 0 Å². The van der Waals surface area contributed by atoms with Gasteiger partial charge in [0.05, 0.1) is 0 Å². The molecule has 0 aromatic carbocycles. The summed E-state index contributed by atoms with van der Waals surface area (Å²) in [6.07, 6.45) is 1.11. The molecule has 2 aliphatic heterocycles. The number of carbonyl (C=O) groups excluding carboxylic acids is 4. The van der Waals surface area contributed by atoms with Crippen molar-refractivity contribution in [3.63, 3.8) is 0 Å². The molecule has 3 atom stereocenters. The number of hydrogen-bond acceptors (Lipinski definition) is 7. The Morgan fingerprint density at radius 1 is 1.46 bits per heavy atom. The van der Waals surface area contributed by atoms with Crippen molar-refractivity contribution in [2.75, 3.05) is 13.2 Å². The number of ether oxygens (including phenoxy) is 2. The third kappa shape index (κ3) is 4.39. The number of esters is 1. The summed E-state index contributed by atoms with van der Waals surface area (Å²) in [7, 11) is 0. The van der Waals surface area contributed by atoms with Crippen LogP contribution in [0.15, 0.2) is 11.2 Å². The van der Waals surface area contributed by atoms with Crippen LogP contribution in [0.1, 0.15) is 13.8 Å². The van der Waals surface area contributed by atoms with Crippen molar-refractivity contribution in [3.8, 4) is 0 Å². The maximum atomic E-state index is 12.6. The Labute approximate surface area is 168 Å². The average Bonchev–Trinajstić information content (AvgIpc) is 2.55. The van der Waals surface area contributed by atoms with E-state index in [4.69, 9.17) is 39.5 Å². The normalized spacial score (nSPS) is 29.5. The van der Waals surface area contributed by atoms with Gasteiger partial charge < -0.3 is 19.7 Å². The zero-order valence-corrected chi connectivity index (χ0v) is 16.7. The van der Waals surface area contributed by atoms with Crippen LogP contribution in [-0.4, -0.2) is 57.5 Å². The van der Waals surface area contributed by atoms with Crippen molar-refractivity contribution in [2.24, 2.45) is 5.41 Å². The van der Waals surface area contributed by atoms with Gasteiger partial charge in [0.25, 0.3) is 6.47 Å². The molecule has 2 heterocycles. The second-order valence-electron chi connectivity index (χ2n) is 5.89. The highest BCUT2D eigenvalue weighted by molar-refractivity contribution is 8.04. The molecule has 0 spiro atoms. The minimum absolute atomic E-state index is 0.0354. The number of fused-ring (bicyclic) bond motifs is 1. The molecule has 0 aromatic heterocycles. The number of thioether (sulfide) groups is 1. The van der Waals surface area contributed by atoms with Crippen LogP contribution in [-0.2, 0) is 28.7 Å². The van der Waals surface area contributed by atoms with Gasteiger partial charge >= 0.3 is 5.97 Å². The molecule has 2 saturated heterocycles. The smallest absolute Gasteiger partial charge is 0.318 e. The lowest BCUT2D eigenvalue weighted by molar-refractivity contribution is -0.160. The highest BCUT2D eigenvalue weighted by atomic mass is 35.6. The molecular formula is C14H15Cl3N2O6S. The fourth-order valence-electron chi connectivity index (χ4n) is 2.57. The zero-order chi connectivity index (χ0) is 19.7. The van der Waals surface area contributed by atoms with Gasteiger partial charge in [0, 0.05) is 18.4 Å².